The monoisotopic (exact) mass is 286 g/mol. The van der Waals surface area contributed by atoms with Crippen LogP contribution in [0.1, 0.15) is 0 Å². The van der Waals surface area contributed by atoms with Crippen molar-refractivity contribution >= 4 is 22.5 Å². The molecule has 1 N–H and O–H groups in total. The van der Waals surface area contributed by atoms with Crippen molar-refractivity contribution in [2.24, 2.45) is 0 Å². The minimum absolute atomic E-state index is 0.0599. The summed E-state index contributed by atoms with van der Waals surface area (Å²) >= 11 is 0. The van der Waals surface area contributed by atoms with Crippen molar-refractivity contribution in [3.05, 3.63) is 66.4 Å². The summed E-state index contributed by atoms with van der Waals surface area (Å²) < 4.78 is 28.0. The predicted octanol–water partition coefficient (Wildman–Crippen LogP) is 3.56. The molecule has 1 aromatic heterocycles. The third-order valence-electron chi connectivity index (χ3n) is 3.20. The highest BCUT2D eigenvalue weighted by molar-refractivity contribution is 5.92. The minimum Gasteiger partial charge on any atom is -0.338 e. The summed E-state index contributed by atoms with van der Waals surface area (Å²) in [6, 6.07) is 11.9. The molecule has 5 heteroatoms. The molecule has 0 saturated heterocycles. The highest BCUT2D eigenvalue weighted by Gasteiger charge is 2.09. The second kappa shape index (κ2) is 5.36. The number of carbonyl (C=O) groups excluding carboxylic acids is 1. The van der Waals surface area contributed by atoms with E-state index in [0.717, 1.165) is 0 Å². The lowest BCUT2D eigenvalue weighted by atomic mass is 10.2. The maximum atomic E-state index is 13.6. The van der Waals surface area contributed by atoms with Gasteiger partial charge >= 0.3 is 0 Å². The second-order valence-electron chi connectivity index (χ2n) is 4.67. The summed E-state index contributed by atoms with van der Waals surface area (Å²) in [5.41, 5.74) is 1.17. The summed E-state index contributed by atoms with van der Waals surface area (Å²) in [6.07, 6.45) is 1.66. The molecule has 0 aliphatic carbocycles. The Morgan fingerprint density at radius 3 is 2.57 bits per heavy atom. The summed E-state index contributed by atoms with van der Waals surface area (Å²) in [7, 11) is 0. The van der Waals surface area contributed by atoms with E-state index >= 15 is 0 Å². The Morgan fingerprint density at radius 2 is 1.81 bits per heavy atom. The van der Waals surface area contributed by atoms with Gasteiger partial charge in [-0.3, -0.25) is 4.79 Å². The third kappa shape index (κ3) is 2.76. The number of nitrogens with one attached hydrogen (secondary N) is 1. The van der Waals surface area contributed by atoms with Gasteiger partial charge in [-0.05, 0) is 42.5 Å². The smallest absolute Gasteiger partial charge is 0.244 e. The standard InChI is InChI=1S/C16H12F2N2O/c17-11-4-6-12(7-5-11)19-16(21)10-20-9-8-13-14(18)2-1-3-15(13)20/h1-9H,10H2,(H,19,21). The van der Waals surface area contributed by atoms with E-state index in [1.807, 2.05) is 0 Å². The van der Waals surface area contributed by atoms with Gasteiger partial charge in [-0.25, -0.2) is 8.78 Å². The molecule has 0 unspecified atom stereocenters. The quantitative estimate of drug-likeness (QED) is 0.785. The Kier molecular flexibility index (Phi) is 3.39. The van der Waals surface area contributed by atoms with Crippen molar-refractivity contribution in [3.8, 4) is 0 Å². The van der Waals surface area contributed by atoms with E-state index in [9.17, 15) is 13.6 Å². The number of amides is 1. The van der Waals surface area contributed by atoms with Gasteiger partial charge in [-0.15, -0.1) is 0 Å². The van der Waals surface area contributed by atoms with E-state index in [4.69, 9.17) is 0 Å². The van der Waals surface area contributed by atoms with Crippen LogP contribution >= 0.6 is 0 Å². The zero-order valence-electron chi connectivity index (χ0n) is 11.0. The topological polar surface area (TPSA) is 34.0 Å². The molecule has 0 atom stereocenters. The zero-order valence-corrected chi connectivity index (χ0v) is 11.0. The molecule has 0 aliphatic heterocycles. The first kappa shape index (κ1) is 13.3. The number of hydrogen-bond acceptors (Lipinski definition) is 1. The highest BCUT2D eigenvalue weighted by atomic mass is 19.1. The zero-order chi connectivity index (χ0) is 14.8. The first-order valence-electron chi connectivity index (χ1n) is 6.42. The van der Waals surface area contributed by atoms with Crippen LogP contribution in [0.15, 0.2) is 54.7 Å². The summed E-state index contributed by atoms with van der Waals surface area (Å²) in [5, 5.41) is 3.15. The van der Waals surface area contributed by atoms with Crippen LogP contribution < -0.4 is 5.32 Å². The minimum atomic E-state index is -0.361. The molecule has 0 aliphatic rings. The first-order valence-corrected chi connectivity index (χ1v) is 6.42. The van der Waals surface area contributed by atoms with Crippen molar-refractivity contribution in [2.75, 3.05) is 5.32 Å². The van der Waals surface area contributed by atoms with Gasteiger partial charge in [-0.1, -0.05) is 6.07 Å². The number of aromatic nitrogens is 1. The first-order chi connectivity index (χ1) is 10.1. The van der Waals surface area contributed by atoms with Gasteiger partial charge in [0.05, 0.1) is 5.52 Å². The second-order valence-corrected chi connectivity index (χ2v) is 4.67. The summed E-state index contributed by atoms with van der Waals surface area (Å²) in [4.78, 5) is 12.0. The molecule has 2 aromatic carbocycles. The Labute approximate surface area is 119 Å². The number of fused-ring (bicyclic) bond motifs is 1. The van der Waals surface area contributed by atoms with Gasteiger partial charge in [0.1, 0.15) is 18.2 Å². The molecule has 3 rings (SSSR count). The van der Waals surface area contributed by atoms with Crippen LogP contribution in [-0.2, 0) is 11.3 Å². The number of rotatable bonds is 3. The lowest BCUT2D eigenvalue weighted by Crippen LogP contribution is -2.18. The molecule has 3 aromatic rings. The Hall–Kier alpha value is -2.69. The molecule has 0 spiro atoms. The van der Waals surface area contributed by atoms with Gasteiger partial charge < -0.3 is 9.88 Å². The number of halogens is 2. The van der Waals surface area contributed by atoms with Crippen LogP contribution in [0.4, 0.5) is 14.5 Å². The molecule has 1 heterocycles. The average molecular weight is 286 g/mol. The molecular weight excluding hydrogens is 274 g/mol. The van der Waals surface area contributed by atoms with Crippen molar-refractivity contribution in [3.63, 3.8) is 0 Å². The van der Waals surface area contributed by atoms with Crippen molar-refractivity contribution < 1.29 is 13.6 Å². The van der Waals surface area contributed by atoms with E-state index in [1.54, 1.807) is 29.0 Å². The number of hydrogen-bond donors (Lipinski definition) is 1. The van der Waals surface area contributed by atoms with Crippen molar-refractivity contribution in [1.29, 1.82) is 0 Å². The van der Waals surface area contributed by atoms with Crippen molar-refractivity contribution in [2.45, 2.75) is 6.54 Å². The number of benzene rings is 2. The summed E-state index contributed by atoms with van der Waals surface area (Å²) in [6.45, 7) is 0.0599. The predicted molar refractivity (Wildman–Crippen MR) is 76.9 cm³/mol. The Bertz CT molecular complexity index is 794. The molecule has 106 valence electrons. The van der Waals surface area contributed by atoms with Crippen LogP contribution in [-0.4, -0.2) is 10.5 Å². The van der Waals surface area contributed by atoms with E-state index in [0.29, 0.717) is 16.6 Å². The van der Waals surface area contributed by atoms with Crippen LogP contribution in [0.25, 0.3) is 10.9 Å². The molecule has 0 bridgehead atoms. The van der Waals surface area contributed by atoms with Crippen LogP contribution in [0.3, 0.4) is 0 Å². The average Bonchev–Trinajstić information content (AvgIpc) is 2.86. The SMILES string of the molecule is O=C(Cn1ccc2c(F)cccc21)Nc1ccc(F)cc1. The molecule has 21 heavy (non-hydrogen) atoms. The fourth-order valence-corrected chi connectivity index (χ4v) is 2.21. The lowest BCUT2D eigenvalue weighted by molar-refractivity contribution is -0.116. The van der Waals surface area contributed by atoms with E-state index in [2.05, 4.69) is 5.32 Å². The number of nitrogens with zero attached hydrogens (tertiary/aromatic N) is 1. The maximum Gasteiger partial charge on any atom is 0.244 e. The number of carbonyl (C=O) groups is 1. The Balaban J connectivity index is 1.77. The van der Waals surface area contributed by atoms with Crippen LogP contribution in [0.5, 0.6) is 0 Å². The van der Waals surface area contributed by atoms with Crippen molar-refractivity contribution in [1.82, 2.24) is 4.57 Å². The maximum absolute atomic E-state index is 13.6. The molecule has 0 fully saturated rings. The van der Waals surface area contributed by atoms with Gasteiger partial charge in [0.25, 0.3) is 0 Å². The largest absolute Gasteiger partial charge is 0.338 e. The molecule has 0 radical (unpaired) electrons. The van der Waals surface area contributed by atoms with Crippen LogP contribution in [0, 0.1) is 11.6 Å². The van der Waals surface area contributed by atoms with Crippen LogP contribution in [0.2, 0.25) is 0 Å². The summed E-state index contributed by atoms with van der Waals surface area (Å²) in [5.74, 6) is -0.937. The number of anilines is 1. The Morgan fingerprint density at radius 1 is 1.05 bits per heavy atom. The van der Waals surface area contributed by atoms with Gasteiger partial charge in [-0.2, -0.15) is 0 Å². The van der Waals surface area contributed by atoms with E-state index < -0.39 is 0 Å². The molecule has 3 nitrogen and oxygen atoms in total. The molecule has 1 amide bonds. The fourth-order valence-electron chi connectivity index (χ4n) is 2.21. The van der Waals surface area contributed by atoms with E-state index in [1.165, 1.54) is 30.3 Å². The highest BCUT2D eigenvalue weighted by Crippen LogP contribution is 2.19. The van der Waals surface area contributed by atoms with Gasteiger partial charge in [0.15, 0.2) is 0 Å². The normalized spacial score (nSPS) is 10.8. The third-order valence-corrected chi connectivity index (χ3v) is 3.20. The lowest BCUT2D eigenvalue weighted by Gasteiger charge is -2.07. The van der Waals surface area contributed by atoms with Gasteiger partial charge in [0.2, 0.25) is 5.91 Å². The molecule has 0 saturated carbocycles. The molecular formula is C16H12F2N2O. The van der Waals surface area contributed by atoms with E-state index in [-0.39, 0.29) is 24.1 Å². The fraction of sp³-hybridized carbons (Fsp3) is 0.0625. The van der Waals surface area contributed by atoms with Gasteiger partial charge in [0, 0.05) is 17.3 Å².